The van der Waals surface area contributed by atoms with Crippen LogP contribution in [0, 0.1) is 11.8 Å². The van der Waals surface area contributed by atoms with E-state index < -0.39 is 10.0 Å². The van der Waals surface area contributed by atoms with Gasteiger partial charge in [0, 0.05) is 12.6 Å². The normalized spacial score (nSPS) is 29.8. The number of hydrogen-bond donors (Lipinski definition) is 0. The molecule has 1 aromatic rings. The van der Waals surface area contributed by atoms with Crippen molar-refractivity contribution < 1.29 is 13.2 Å². The van der Waals surface area contributed by atoms with E-state index in [-0.39, 0.29) is 6.04 Å². The summed E-state index contributed by atoms with van der Waals surface area (Å²) in [4.78, 5) is 0.382. The lowest BCUT2D eigenvalue weighted by molar-refractivity contribution is 0.0827. The van der Waals surface area contributed by atoms with Gasteiger partial charge in [-0.2, -0.15) is 4.31 Å². The summed E-state index contributed by atoms with van der Waals surface area (Å²) >= 11 is 0. The minimum atomic E-state index is -3.40. The summed E-state index contributed by atoms with van der Waals surface area (Å²) in [6.45, 7) is 2.93. The lowest BCUT2D eigenvalue weighted by Crippen LogP contribution is -2.52. The number of nitrogens with zero attached hydrogens (tertiary/aromatic N) is 1. The molecule has 3 atom stereocenters. The zero-order chi connectivity index (χ0) is 15.7. The van der Waals surface area contributed by atoms with E-state index in [2.05, 4.69) is 6.92 Å². The predicted octanol–water partition coefficient (Wildman–Crippen LogP) is 3.28. The topological polar surface area (TPSA) is 46.6 Å². The number of rotatable bonds is 3. The maximum absolute atomic E-state index is 13.0. The summed E-state index contributed by atoms with van der Waals surface area (Å²) in [5.74, 6) is 1.84. The van der Waals surface area contributed by atoms with Crippen LogP contribution < -0.4 is 4.74 Å². The molecule has 0 aromatic heterocycles. The highest BCUT2D eigenvalue weighted by atomic mass is 32.2. The largest absolute Gasteiger partial charge is 0.497 e. The zero-order valence-corrected chi connectivity index (χ0v) is 14.2. The van der Waals surface area contributed by atoms with Crippen LogP contribution in [-0.2, 0) is 10.0 Å². The second-order valence-electron chi connectivity index (χ2n) is 6.57. The molecular weight excluding hydrogens is 298 g/mol. The van der Waals surface area contributed by atoms with Gasteiger partial charge in [0.15, 0.2) is 0 Å². The third-order valence-corrected chi connectivity index (χ3v) is 7.29. The van der Waals surface area contributed by atoms with E-state index in [0.717, 1.165) is 19.3 Å². The van der Waals surface area contributed by atoms with E-state index in [4.69, 9.17) is 4.74 Å². The Morgan fingerprint density at radius 3 is 2.45 bits per heavy atom. The molecule has 4 nitrogen and oxygen atoms in total. The molecule has 0 amide bonds. The lowest BCUT2D eigenvalue weighted by Gasteiger charge is -2.46. The molecule has 0 bridgehead atoms. The highest BCUT2D eigenvalue weighted by Gasteiger charge is 2.42. The number of methoxy groups -OCH3 is 1. The van der Waals surface area contributed by atoms with Crippen molar-refractivity contribution in [2.75, 3.05) is 13.7 Å². The molecule has 2 fully saturated rings. The first kappa shape index (κ1) is 15.8. The summed E-state index contributed by atoms with van der Waals surface area (Å²) < 4.78 is 33.0. The summed E-state index contributed by atoms with van der Waals surface area (Å²) in [6, 6.07) is 6.94. The maximum Gasteiger partial charge on any atom is 0.243 e. The Morgan fingerprint density at radius 2 is 1.77 bits per heavy atom. The average Bonchev–Trinajstić information content (AvgIpc) is 2.55. The van der Waals surface area contributed by atoms with Gasteiger partial charge in [0.1, 0.15) is 5.75 Å². The van der Waals surface area contributed by atoms with Crippen molar-refractivity contribution >= 4 is 10.0 Å². The van der Waals surface area contributed by atoms with Crippen LogP contribution >= 0.6 is 0 Å². The molecule has 1 saturated heterocycles. The number of hydrogen-bond acceptors (Lipinski definition) is 3. The Bertz CT molecular complexity index is 611. The third-order valence-electron chi connectivity index (χ3n) is 5.35. The molecule has 0 N–H and O–H groups in total. The minimum Gasteiger partial charge on any atom is -0.497 e. The third kappa shape index (κ3) is 2.76. The summed E-state index contributed by atoms with van der Waals surface area (Å²) in [6.07, 6.45) is 5.52. The fourth-order valence-corrected chi connectivity index (χ4v) is 5.77. The molecular formula is C17H25NO3S. The van der Waals surface area contributed by atoms with Gasteiger partial charge in [0.25, 0.3) is 0 Å². The van der Waals surface area contributed by atoms with Gasteiger partial charge in [-0.1, -0.05) is 19.8 Å². The quantitative estimate of drug-likeness (QED) is 0.857. The molecule has 0 spiro atoms. The van der Waals surface area contributed by atoms with Gasteiger partial charge in [0.05, 0.1) is 12.0 Å². The van der Waals surface area contributed by atoms with Crippen LogP contribution in [0.3, 0.4) is 0 Å². The SMILES string of the molecule is COc1ccc(S(=O)(=O)N2CCC(C)C3CCCCC32)cc1. The van der Waals surface area contributed by atoms with Gasteiger partial charge in [-0.3, -0.25) is 0 Å². The van der Waals surface area contributed by atoms with Gasteiger partial charge in [0.2, 0.25) is 10.0 Å². The Kier molecular flexibility index (Phi) is 4.46. The lowest BCUT2D eigenvalue weighted by atomic mass is 9.74. The molecule has 2 aliphatic rings. The minimum absolute atomic E-state index is 0.185. The van der Waals surface area contributed by atoms with Crippen LogP contribution in [0.2, 0.25) is 0 Å². The smallest absolute Gasteiger partial charge is 0.243 e. The fraction of sp³-hybridized carbons (Fsp3) is 0.647. The van der Waals surface area contributed by atoms with E-state index in [1.807, 2.05) is 0 Å². The Balaban J connectivity index is 1.89. The summed E-state index contributed by atoms with van der Waals surface area (Å²) in [5.41, 5.74) is 0. The van der Waals surface area contributed by atoms with E-state index >= 15 is 0 Å². The van der Waals surface area contributed by atoms with E-state index in [1.54, 1.807) is 35.7 Å². The predicted molar refractivity (Wildman–Crippen MR) is 86.4 cm³/mol. The molecule has 1 aliphatic carbocycles. The number of sulfonamides is 1. The van der Waals surface area contributed by atoms with Crippen molar-refractivity contribution in [1.29, 1.82) is 0 Å². The highest BCUT2D eigenvalue weighted by molar-refractivity contribution is 7.89. The van der Waals surface area contributed by atoms with Gasteiger partial charge in [-0.05, 0) is 55.4 Å². The molecule has 1 aromatic carbocycles. The fourth-order valence-electron chi connectivity index (χ4n) is 4.05. The molecule has 5 heteroatoms. The van der Waals surface area contributed by atoms with Gasteiger partial charge in [-0.15, -0.1) is 0 Å². The monoisotopic (exact) mass is 323 g/mol. The molecule has 1 aliphatic heterocycles. The second kappa shape index (κ2) is 6.20. The second-order valence-corrected chi connectivity index (χ2v) is 8.46. The Hall–Kier alpha value is -1.07. The maximum atomic E-state index is 13.0. The average molecular weight is 323 g/mol. The van der Waals surface area contributed by atoms with Gasteiger partial charge >= 0.3 is 0 Å². The van der Waals surface area contributed by atoms with Crippen molar-refractivity contribution in [2.24, 2.45) is 11.8 Å². The molecule has 1 saturated carbocycles. The van der Waals surface area contributed by atoms with Crippen molar-refractivity contribution in [3.05, 3.63) is 24.3 Å². The first-order chi connectivity index (χ1) is 10.5. The van der Waals surface area contributed by atoms with Crippen LogP contribution in [0.4, 0.5) is 0 Å². The van der Waals surface area contributed by atoms with Gasteiger partial charge < -0.3 is 4.74 Å². The van der Waals surface area contributed by atoms with Crippen molar-refractivity contribution in [3.63, 3.8) is 0 Å². The summed E-state index contributed by atoms with van der Waals surface area (Å²) in [7, 11) is -1.82. The van der Waals surface area contributed by atoms with E-state index in [1.165, 1.54) is 12.8 Å². The highest BCUT2D eigenvalue weighted by Crippen LogP contribution is 2.41. The first-order valence-electron chi connectivity index (χ1n) is 8.20. The molecule has 22 heavy (non-hydrogen) atoms. The van der Waals surface area contributed by atoms with Crippen LogP contribution in [0.25, 0.3) is 0 Å². The standard InChI is InChI=1S/C17H25NO3S/c1-13-11-12-18(17-6-4-3-5-16(13)17)22(19,20)15-9-7-14(21-2)8-10-15/h7-10,13,16-17H,3-6,11-12H2,1-2H3. The van der Waals surface area contributed by atoms with Crippen LogP contribution in [0.1, 0.15) is 39.0 Å². The summed E-state index contributed by atoms with van der Waals surface area (Å²) in [5, 5.41) is 0. The van der Waals surface area contributed by atoms with E-state index in [0.29, 0.717) is 29.0 Å². The number of ether oxygens (including phenoxy) is 1. The molecule has 122 valence electrons. The van der Waals surface area contributed by atoms with Crippen LogP contribution in [-0.4, -0.2) is 32.4 Å². The number of benzene rings is 1. The van der Waals surface area contributed by atoms with Crippen molar-refractivity contribution in [3.8, 4) is 5.75 Å². The molecule has 1 heterocycles. The molecule has 0 radical (unpaired) electrons. The number of piperidine rings is 1. The first-order valence-corrected chi connectivity index (χ1v) is 9.64. The van der Waals surface area contributed by atoms with Gasteiger partial charge in [-0.25, -0.2) is 8.42 Å². The number of fused-ring (bicyclic) bond motifs is 1. The Morgan fingerprint density at radius 1 is 1.09 bits per heavy atom. The molecule has 3 rings (SSSR count). The Labute approximate surface area is 133 Å². The zero-order valence-electron chi connectivity index (χ0n) is 13.4. The van der Waals surface area contributed by atoms with Crippen molar-refractivity contribution in [1.82, 2.24) is 4.31 Å². The molecule has 3 unspecified atom stereocenters. The van der Waals surface area contributed by atoms with Crippen LogP contribution in [0.5, 0.6) is 5.75 Å². The van der Waals surface area contributed by atoms with E-state index in [9.17, 15) is 8.42 Å². The van der Waals surface area contributed by atoms with Crippen molar-refractivity contribution in [2.45, 2.75) is 50.0 Å². The van der Waals surface area contributed by atoms with Crippen LogP contribution in [0.15, 0.2) is 29.2 Å².